The van der Waals surface area contributed by atoms with Crippen molar-refractivity contribution in [2.45, 2.75) is 0 Å². The third-order valence-corrected chi connectivity index (χ3v) is 2.63. The van der Waals surface area contributed by atoms with Crippen LogP contribution in [0.2, 0.25) is 0 Å². The van der Waals surface area contributed by atoms with Gasteiger partial charge in [-0.05, 0) is 28.5 Å². The van der Waals surface area contributed by atoms with Crippen molar-refractivity contribution in [3.8, 4) is 0 Å². The minimum atomic E-state index is 1.23. The lowest BCUT2D eigenvalue weighted by Crippen LogP contribution is -1.69. The highest BCUT2D eigenvalue weighted by Crippen LogP contribution is 2.24. The van der Waals surface area contributed by atoms with Crippen molar-refractivity contribution in [3.63, 3.8) is 0 Å². The van der Waals surface area contributed by atoms with E-state index < -0.39 is 0 Å². The average molecular weight is 160 g/mol. The maximum absolute atomic E-state index is 3.77. The monoisotopic (exact) mass is 160 g/mol. The molecule has 0 fully saturated rings. The second-order valence-corrected chi connectivity index (χ2v) is 3.33. The van der Waals surface area contributed by atoms with Crippen molar-refractivity contribution in [2.24, 2.45) is 0 Å². The van der Waals surface area contributed by atoms with Gasteiger partial charge in [0, 0.05) is 4.70 Å². The van der Waals surface area contributed by atoms with Crippen molar-refractivity contribution >= 4 is 27.5 Å². The van der Waals surface area contributed by atoms with E-state index >= 15 is 0 Å². The van der Waals surface area contributed by atoms with Gasteiger partial charge >= 0.3 is 0 Å². The summed E-state index contributed by atoms with van der Waals surface area (Å²) in [5.41, 5.74) is 1.23. The SMILES string of the molecule is C=Cc1cccc2sccc12. The maximum atomic E-state index is 3.77. The standard InChI is InChI=1S/C10H8S/c1-2-8-4-3-5-10-9(8)6-7-11-10/h2-7H,1H2. The van der Waals surface area contributed by atoms with E-state index in [9.17, 15) is 0 Å². The molecule has 0 radical (unpaired) electrons. The fourth-order valence-corrected chi connectivity index (χ4v) is 2.02. The van der Waals surface area contributed by atoms with Crippen LogP contribution in [0, 0.1) is 0 Å². The van der Waals surface area contributed by atoms with Crippen molar-refractivity contribution < 1.29 is 0 Å². The van der Waals surface area contributed by atoms with Gasteiger partial charge in [-0.15, -0.1) is 11.3 Å². The van der Waals surface area contributed by atoms with Crippen LogP contribution in [0.3, 0.4) is 0 Å². The van der Waals surface area contributed by atoms with E-state index in [1.165, 1.54) is 15.6 Å². The summed E-state index contributed by atoms with van der Waals surface area (Å²) in [6.07, 6.45) is 1.90. The lowest BCUT2D eigenvalue weighted by molar-refractivity contribution is 1.79. The summed E-state index contributed by atoms with van der Waals surface area (Å²) in [7, 11) is 0. The number of hydrogen-bond acceptors (Lipinski definition) is 1. The van der Waals surface area contributed by atoms with Gasteiger partial charge in [0.2, 0.25) is 0 Å². The molecule has 11 heavy (non-hydrogen) atoms. The Labute approximate surface area is 69.8 Å². The molecule has 2 rings (SSSR count). The largest absolute Gasteiger partial charge is 0.144 e. The van der Waals surface area contributed by atoms with Gasteiger partial charge in [-0.3, -0.25) is 0 Å². The van der Waals surface area contributed by atoms with Crippen LogP contribution in [0.1, 0.15) is 5.56 Å². The zero-order valence-electron chi connectivity index (χ0n) is 6.08. The third-order valence-electron chi connectivity index (χ3n) is 1.75. The number of thiophene rings is 1. The molecule has 0 spiro atoms. The lowest BCUT2D eigenvalue weighted by atomic mass is 10.1. The quantitative estimate of drug-likeness (QED) is 0.598. The van der Waals surface area contributed by atoms with Gasteiger partial charge < -0.3 is 0 Å². The normalized spacial score (nSPS) is 10.2. The molecule has 0 aliphatic rings. The molecule has 54 valence electrons. The number of fused-ring (bicyclic) bond motifs is 1. The first kappa shape index (κ1) is 6.62. The summed E-state index contributed by atoms with van der Waals surface area (Å²) in [5, 5.41) is 3.42. The summed E-state index contributed by atoms with van der Waals surface area (Å²) in [6.45, 7) is 3.77. The van der Waals surface area contributed by atoms with Crippen molar-refractivity contribution in [1.82, 2.24) is 0 Å². The number of benzene rings is 1. The molecule has 0 N–H and O–H groups in total. The van der Waals surface area contributed by atoms with Crippen LogP contribution in [0.25, 0.3) is 16.2 Å². The fourth-order valence-electron chi connectivity index (χ4n) is 1.20. The number of rotatable bonds is 1. The molecular weight excluding hydrogens is 152 g/mol. The predicted molar refractivity (Wildman–Crippen MR) is 51.9 cm³/mol. The molecule has 1 aromatic carbocycles. The first-order valence-electron chi connectivity index (χ1n) is 3.50. The van der Waals surface area contributed by atoms with Crippen LogP contribution in [0.5, 0.6) is 0 Å². The predicted octanol–water partition coefficient (Wildman–Crippen LogP) is 3.54. The van der Waals surface area contributed by atoms with Gasteiger partial charge in [0.05, 0.1) is 0 Å². The second-order valence-electron chi connectivity index (χ2n) is 2.38. The Morgan fingerprint density at radius 1 is 1.27 bits per heavy atom. The van der Waals surface area contributed by atoms with E-state index in [1.54, 1.807) is 11.3 Å². The molecule has 1 heteroatoms. The molecule has 1 heterocycles. The summed E-state index contributed by atoms with van der Waals surface area (Å²) in [5.74, 6) is 0. The molecule has 2 aromatic rings. The van der Waals surface area contributed by atoms with E-state index in [0.717, 1.165) is 0 Å². The Balaban J connectivity index is 2.88. The van der Waals surface area contributed by atoms with E-state index in [-0.39, 0.29) is 0 Å². The third kappa shape index (κ3) is 0.976. The first-order valence-corrected chi connectivity index (χ1v) is 4.38. The average Bonchev–Trinajstić information content (AvgIpc) is 2.50. The Morgan fingerprint density at radius 2 is 2.18 bits per heavy atom. The van der Waals surface area contributed by atoms with Gasteiger partial charge in [-0.1, -0.05) is 24.8 Å². The van der Waals surface area contributed by atoms with Crippen molar-refractivity contribution in [3.05, 3.63) is 41.8 Å². The molecule has 0 unspecified atom stereocenters. The molecular formula is C10H8S. The molecule has 1 aromatic heterocycles. The Hall–Kier alpha value is -1.08. The summed E-state index contributed by atoms with van der Waals surface area (Å²) in [4.78, 5) is 0. The van der Waals surface area contributed by atoms with Crippen LogP contribution >= 0.6 is 11.3 Å². The van der Waals surface area contributed by atoms with Gasteiger partial charge in [-0.2, -0.15) is 0 Å². The van der Waals surface area contributed by atoms with Crippen LogP contribution in [0.4, 0.5) is 0 Å². The van der Waals surface area contributed by atoms with E-state index in [0.29, 0.717) is 0 Å². The zero-order valence-corrected chi connectivity index (χ0v) is 6.90. The molecule has 0 atom stereocenters. The summed E-state index contributed by atoms with van der Waals surface area (Å²) >= 11 is 1.77. The highest BCUT2D eigenvalue weighted by Gasteiger charge is 1.96. The molecule has 0 aliphatic heterocycles. The molecule has 0 amide bonds. The summed E-state index contributed by atoms with van der Waals surface area (Å²) in [6, 6.07) is 8.42. The smallest absolute Gasteiger partial charge is 0.0348 e. The topological polar surface area (TPSA) is 0 Å². The highest BCUT2D eigenvalue weighted by molar-refractivity contribution is 7.17. The van der Waals surface area contributed by atoms with E-state index in [1.807, 2.05) is 6.08 Å². The maximum Gasteiger partial charge on any atom is 0.0348 e. The minimum absolute atomic E-state index is 1.23. The van der Waals surface area contributed by atoms with Crippen LogP contribution in [-0.2, 0) is 0 Å². The van der Waals surface area contributed by atoms with Gasteiger partial charge in [-0.25, -0.2) is 0 Å². The Bertz CT molecular complexity index is 384. The Kier molecular flexibility index (Phi) is 1.51. The number of hydrogen-bond donors (Lipinski definition) is 0. The van der Waals surface area contributed by atoms with Gasteiger partial charge in [0.25, 0.3) is 0 Å². The van der Waals surface area contributed by atoms with E-state index in [4.69, 9.17) is 0 Å². The zero-order chi connectivity index (χ0) is 7.68. The molecule has 0 nitrogen and oxygen atoms in total. The Morgan fingerprint density at radius 3 is 3.00 bits per heavy atom. The molecule has 0 aliphatic carbocycles. The lowest BCUT2D eigenvalue weighted by Gasteiger charge is -1.93. The van der Waals surface area contributed by atoms with E-state index in [2.05, 4.69) is 36.2 Å². The fraction of sp³-hybridized carbons (Fsp3) is 0. The van der Waals surface area contributed by atoms with Crippen molar-refractivity contribution in [1.29, 1.82) is 0 Å². The molecule has 0 bridgehead atoms. The first-order chi connectivity index (χ1) is 5.42. The minimum Gasteiger partial charge on any atom is -0.144 e. The summed E-state index contributed by atoms with van der Waals surface area (Å²) < 4.78 is 1.34. The van der Waals surface area contributed by atoms with Crippen LogP contribution < -0.4 is 0 Å². The van der Waals surface area contributed by atoms with Gasteiger partial charge in [0.15, 0.2) is 0 Å². The molecule has 0 saturated heterocycles. The molecule has 0 saturated carbocycles. The second kappa shape index (κ2) is 2.51. The van der Waals surface area contributed by atoms with Crippen LogP contribution in [-0.4, -0.2) is 0 Å². The highest BCUT2D eigenvalue weighted by atomic mass is 32.1. The van der Waals surface area contributed by atoms with Gasteiger partial charge in [0.1, 0.15) is 0 Å². The van der Waals surface area contributed by atoms with Crippen molar-refractivity contribution in [2.75, 3.05) is 0 Å². The van der Waals surface area contributed by atoms with Crippen LogP contribution in [0.15, 0.2) is 36.2 Å².